The van der Waals surface area contributed by atoms with Crippen LogP contribution >= 0.6 is 11.8 Å². The largest absolute Gasteiger partial charge is 0.355 e. The molecule has 0 bridgehead atoms. The number of amides is 2. The summed E-state index contributed by atoms with van der Waals surface area (Å²) in [5.74, 6) is -0.438. The number of nitrogens with one attached hydrogen (secondary N) is 1. The van der Waals surface area contributed by atoms with Crippen LogP contribution in [0.25, 0.3) is 0 Å². The molecule has 0 heterocycles. The first-order valence-electron chi connectivity index (χ1n) is 8.50. The van der Waals surface area contributed by atoms with Crippen molar-refractivity contribution >= 4 is 23.6 Å². The first-order valence-corrected chi connectivity index (χ1v) is 9.49. The molecule has 0 saturated heterocycles. The minimum absolute atomic E-state index is 0.137. The molecule has 0 fully saturated rings. The molecule has 0 aliphatic heterocycles. The van der Waals surface area contributed by atoms with E-state index >= 15 is 0 Å². The van der Waals surface area contributed by atoms with Crippen molar-refractivity contribution in [1.29, 1.82) is 0 Å². The first kappa shape index (κ1) is 20.0. The second kappa shape index (κ2) is 9.97. The number of nitrogens with zero attached hydrogens (tertiary/aromatic N) is 1. The van der Waals surface area contributed by atoms with Crippen LogP contribution in [0, 0.1) is 5.82 Å². The Kier molecular flexibility index (Phi) is 7.66. The average Bonchev–Trinajstić information content (AvgIpc) is 2.66. The Bertz CT molecular complexity index is 722. The van der Waals surface area contributed by atoms with Crippen LogP contribution in [0.3, 0.4) is 0 Å². The smallest absolute Gasteiger partial charge is 0.242 e. The molecule has 26 heavy (non-hydrogen) atoms. The van der Waals surface area contributed by atoms with Gasteiger partial charge >= 0.3 is 0 Å². The molecule has 0 spiro atoms. The number of thioether (sulfide) groups is 1. The normalized spacial score (nSPS) is 11.7. The van der Waals surface area contributed by atoms with E-state index in [0.717, 1.165) is 10.5 Å². The van der Waals surface area contributed by atoms with E-state index in [2.05, 4.69) is 5.32 Å². The molecule has 4 nitrogen and oxygen atoms in total. The summed E-state index contributed by atoms with van der Waals surface area (Å²) in [6, 6.07) is 15.0. The number of hydrogen-bond acceptors (Lipinski definition) is 3. The van der Waals surface area contributed by atoms with Gasteiger partial charge in [-0.05, 0) is 43.7 Å². The van der Waals surface area contributed by atoms with Gasteiger partial charge in [-0.2, -0.15) is 0 Å². The van der Waals surface area contributed by atoms with Crippen molar-refractivity contribution in [2.24, 2.45) is 0 Å². The number of likely N-dealkylation sites (N-methyl/N-ethyl adjacent to an activating group) is 1. The zero-order valence-corrected chi connectivity index (χ0v) is 15.8. The predicted octanol–water partition coefficient (Wildman–Crippen LogP) is 3.47. The zero-order chi connectivity index (χ0) is 18.9. The molecule has 1 N–H and O–H groups in total. The maximum absolute atomic E-state index is 13.1. The lowest BCUT2D eigenvalue weighted by molar-refractivity contribution is -0.138. The average molecular weight is 374 g/mol. The van der Waals surface area contributed by atoms with Crippen LogP contribution in [0.4, 0.5) is 4.39 Å². The van der Waals surface area contributed by atoms with Crippen molar-refractivity contribution in [3.63, 3.8) is 0 Å². The highest BCUT2D eigenvalue weighted by molar-refractivity contribution is 8.00. The Morgan fingerprint density at radius 3 is 2.38 bits per heavy atom. The fourth-order valence-electron chi connectivity index (χ4n) is 2.44. The van der Waals surface area contributed by atoms with Gasteiger partial charge in [0.15, 0.2) is 0 Å². The number of halogens is 1. The van der Waals surface area contributed by atoms with Gasteiger partial charge < -0.3 is 10.2 Å². The van der Waals surface area contributed by atoms with Gasteiger partial charge in [-0.15, -0.1) is 11.8 Å². The van der Waals surface area contributed by atoms with Crippen molar-refractivity contribution in [1.82, 2.24) is 10.2 Å². The molecule has 0 aliphatic carbocycles. The summed E-state index contributed by atoms with van der Waals surface area (Å²) in [5, 5.41) is 2.75. The molecule has 0 aromatic heterocycles. The lowest BCUT2D eigenvalue weighted by Gasteiger charge is -2.28. The van der Waals surface area contributed by atoms with Gasteiger partial charge in [0.1, 0.15) is 11.9 Å². The number of rotatable bonds is 8. The van der Waals surface area contributed by atoms with Crippen LogP contribution < -0.4 is 5.32 Å². The van der Waals surface area contributed by atoms with Crippen molar-refractivity contribution in [3.8, 4) is 0 Å². The Labute approximate surface area is 157 Å². The Balaban J connectivity index is 2.11. The molecule has 2 amide bonds. The summed E-state index contributed by atoms with van der Waals surface area (Å²) in [7, 11) is 0. The van der Waals surface area contributed by atoms with Crippen LogP contribution in [0.2, 0.25) is 0 Å². The lowest BCUT2D eigenvalue weighted by atomic mass is 10.1. The number of carbonyl (C=O) groups excluding carboxylic acids is 2. The van der Waals surface area contributed by atoms with E-state index in [1.54, 1.807) is 19.1 Å². The van der Waals surface area contributed by atoms with E-state index in [0.29, 0.717) is 6.54 Å². The standard InChI is InChI=1S/C20H23FN2O2S/c1-3-22-20(25)15(2)23(13-16-9-11-17(21)12-10-16)19(24)14-26-18-7-5-4-6-8-18/h4-12,15H,3,13-14H2,1-2H3,(H,22,25). The van der Waals surface area contributed by atoms with Gasteiger partial charge in [-0.1, -0.05) is 30.3 Å². The maximum Gasteiger partial charge on any atom is 0.242 e. The topological polar surface area (TPSA) is 49.4 Å². The van der Waals surface area contributed by atoms with Crippen LogP contribution in [-0.4, -0.2) is 35.1 Å². The van der Waals surface area contributed by atoms with E-state index in [1.807, 2.05) is 37.3 Å². The van der Waals surface area contributed by atoms with E-state index in [4.69, 9.17) is 0 Å². The summed E-state index contributed by atoms with van der Waals surface area (Å²) in [4.78, 5) is 27.6. The molecule has 0 radical (unpaired) electrons. The van der Waals surface area contributed by atoms with Gasteiger partial charge in [0.25, 0.3) is 0 Å². The molecule has 2 aromatic rings. The third-order valence-electron chi connectivity index (χ3n) is 3.89. The van der Waals surface area contributed by atoms with Gasteiger partial charge in [-0.25, -0.2) is 4.39 Å². The molecule has 0 aliphatic rings. The van der Waals surface area contributed by atoms with E-state index < -0.39 is 6.04 Å². The highest BCUT2D eigenvalue weighted by Crippen LogP contribution is 2.19. The maximum atomic E-state index is 13.1. The number of hydrogen-bond donors (Lipinski definition) is 1. The van der Waals surface area contributed by atoms with Gasteiger partial charge in [-0.3, -0.25) is 9.59 Å². The highest BCUT2D eigenvalue weighted by atomic mass is 32.2. The third kappa shape index (κ3) is 5.88. The molecule has 1 atom stereocenters. The Hall–Kier alpha value is -2.34. The molecule has 6 heteroatoms. The van der Waals surface area contributed by atoms with E-state index in [1.165, 1.54) is 28.8 Å². The second-order valence-electron chi connectivity index (χ2n) is 5.82. The zero-order valence-electron chi connectivity index (χ0n) is 14.9. The van der Waals surface area contributed by atoms with Crippen LogP contribution in [0.1, 0.15) is 19.4 Å². The van der Waals surface area contributed by atoms with Crippen molar-refractivity contribution in [2.45, 2.75) is 31.3 Å². The Morgan fingerprint density at radius 1 is 1.12 bits per heavy atom. The van der Waals surface area contributed by atoms with Gasteiger partial charge in [0, 0.05) is 18.0 Å². The summed E-state index contributed by atoms with van der Waals surface area (Å²) >= 11 is 1.43. The van der Waals surface area contributed by atoms with Crippen LogP contribution in [-0.2, 0) is 16.1 Å². The molecule has 138 valence electrons. The van der Waals surface area contributed by atoms with Crippen molar-refractivity contribution in [3.05, 3.63) is 66.0 Å². The molecular weight excluding hydrogens is 351 g/mol. The molecule has 2 rings (SSSR count). The number of carbonyl (C=O) groups is 2. The quantitative estimate of drug-likeness (QED) is 0.720. The number of benzene rings is 2. The summed E-state index contributed by atoms with van der Waals surface area (Å²) < 4.78 is 13.1. The second-order valence-corrected chi connectivity index (χ2v) is 6.87. The minimum Gasteiger partial charge on any atom is -0.355 e. The van der Waals surface area contributed by atoms with Crippen molar-refractivity contribution < 1.29 is 14.0 Å². The lowest BCUT2D eigenvalue weighted by Crippen LogP contribution is -2.48. The molecule has 0 saturated carbocycles. The van der Waals surface area contributed by atoms with Gasteiger partial charge in [0.2, 0.25) is 11.8 Å². The minimum atomic E-state index is -0.608. The monoisotopic (exact) mass is 374 g/mol. The SMILES string of the molecule is CCNC(=O)C(C)N(Cc1ccc(F)cc1)C(=O)CSc1ccccc1. The van der Waals surface area contributed by atoms with Crippen LogP contribution in [0.15, 0.2) is 59.5 Å². The van der Waals surface area contributed by atoms with Crippen LogP contribution in [0.5, 0.6) is 0 Å². The third-order valence-corrected chi connectivity index (χ3v) is 4.89. The fraction of sp³-hybridized carbons (Fsp3) is 0.300. The summed E-state index contributed by atoms with van der Waals surface area (Å²) in [6.07, 6.45) is 0. The molecular formula is C20H23FN2O2S. The molecule has 1 unspecified atom stereocenters. The van der Waals surface area contributed by atoms with E-state index in [-0.39, 0.29) is 29.9 Å². The van der Waals surface area contributed by atoms with E-state index in [9.17, 15) is 14.0 Å². The Morgan fingerprint density at radius 2 is 1.77 bits per heavy atom. The molecule has 2 aromatic carbocycles. The first-order chi connectivity index (χ1) is 12.5. The van der Waals surface area contributed by atoms with Gasteiger partial charge in [0.05, 0.1) is 5.75 Å². The van der Waals surface area contributed by atoms with Crippen molar-refractivity contribution in [2.75, 3.05) is 12.3 Å². The summed E-state index contributed by atoms with van der Waals surface area (Å²) in [5.41, 5.74) is 0.778. The summed E-state index contributed by atoms with van der Waals surface area (Å²) in [6.45, 7) is 4.30. The highest BCUT2D eigenvalue weighted by Gasteiger charge is 2.25. The fourth-order valence-corrected chi connectivity index (χ4v) is 3.24. The predicted molar refractivity (Wildman–Crippen MR) is 102 cm³/mol.